The molecule has 4 heteroatoms. The molecule has 2 nitrogen and oxygen atoms in total. The van der Waals surface area contributed by atoms with Crippen molar-refractivity contribution in [2.75, 3.05) is 13.1 Å². The van der Waals surface area contributed by atoms with Crippen LogP contribution in [0.3, 0.4) is 0 Å². The maximum Gasteiger partial charge on any atom is 0.169 e. The highest BCUT2D eigenvalue weighted by atomic mass is 35.5. The summed E-state index contributed by atoms with van der Waals surface area (Å²) in [6, 6.07) is 5.31. The molecule has 1 saturated heterocycles. The summed E-state index contributed by atoms with van der Waals surface area (Å²) in [6.45, 7) is 1.86. The number of piperidine rings is 1. The number of Topliss-reactive ketones (excluding diaryl/α,β-unsaturated/α-hetero) is 1. The van der Waals surface area contributed by atoms with Crippen molar-refractivity contribution in [3.8, 4) is 0 Å². The number of carbonyl (C=O) groups excluding carboxylic acids is 1. The minimum absolute atomic E-state index is 0.211. The van der Waals surface area contributed by atoms with Crippen molar-refractivity contribution in [1.29, 1.82) is 0 Å². The molecule has 0 radical (unpaired) electrons. The Balaban J connectivity index is 1.86. The average Bonchev–Trinajstić information content (AvgIpc) is 3.03. The maximum atomic E-state index is 13.2. The Kier molecular flexibility index (Phi) is 5.11. The first-order chi connectivity index (χ1) is 10.6. The van der Waals surface area contributed by atoms with Crippen molar-refractivity contribution >= 4 is 29.0 Å². The molecular weight excluding hydrogens is 317 g/mol. The topological polar surface area (TPSA) is 29.1 Å². The Morgan fingerprint density at radius 2 is 1.82 bits per heavy atom. The first kappa shape index (κ1) is 16.3. The van der Waals surface area contributed by atoms with Gasteiger partial charge in [-0.3, -0.25) is 4.79 Å². The number of halogens is 2. The lowest BCUT2D eigenvalue weighted by atomic mass is 9.67. The molecule has 2 aliphatic rings. The fourth-order valence-electron chi connectivity index (χ4n) is 4.14. The van der Waals surface area contributed by atoms with E-state index in [0.29, 0.717) is 21.5 Å². The van der Waals surface area contributed by atoms with Crippen LogP contribution in [0.2, 0.25) is 10.0 Å². The summed E-state index contributed by atoms with van der Waals surface area (Å²) in [7, 11) is 0. The lowest BCUT2D eigenvalue weighted by Crippen LogP contribution is -2.43. The van der Waals surface area contributed by atoms with Gasteiger partial charge in [-0.2, -0.15) is 0 Å². The van der Waals surface area contributed by atoms with Crippen molar-refractivity contribution in [2.45, 2.75) is 44.9 Å². The van der Waals surface area contributed by atoms with Gasteiger partial charge in [-0.15, -0.1) is 0 Å². The molecule has 1 aliphatic heterocycles. The first-order valence-electron chi connectivity index (χ1n) is 8.31. The van der Waals surface area contributed by atoms with Gasteiger partial charge in [-0.1, -0.05) is 48.9 Å². The van der Waals surface area contributed by atoms with E-state index in [9.17, 15) is 4.79 Å². The Morgan fingerprint density at radius 1 is 1.14 bits per heavy atom. The zero-order chi connectivity index (χ0) is 15.6. The van der Waals surface area contributed by atoms with Crippen LogP contribution in [0.4, 0.5) is 0 Å². The van der Waals surface area contributed by atoms with Gasteiger partial charge in [0.05, 0.1) is 10.0 Å². The van der Waals surface area contributed by atoms with Crippen molar-refractivity contribution in [2.24, 2.45) is 11.3 Å². The second-order valence-electron chi connectivity index (χ2n) is 6.84. The van der Waals surface area contributed by atoms with Crippen molar-refractivity contribution in [3.63, 3.8) is 0 Å². The molecule has 2 fully saturated rings. The Labute approximate surface area is 142 Å². The maximum absolute atomic E-state index is 13.2. The van der Waals surface area contributed by atoms with Crippen molar-refractivity contribution < 1.29 is 4.79 Å². The summed E-state index contributed by atoms with van der Waals surface area (Å²) in [6.07, 6.45) is 8.10. The quantitative estimate of drug-likeness (QED) is 0.770. The molecule has 3 rings (SSSR count). The van der Waals surface area contributed by atoms with E-state index in [2.05, 4.69) is 5.32 Å². The monoisotopic (exact) mass is 339 g/mol. The van der Waals surface area contributed by atoms with Crippen LogP contribution in [0, 0.1) is 11.3 Å². The van der Waals surface area contributed by atoms with E-state index in [1.165, 1.54) is 25.7 Å². The molecule has 1 aromatic rings. The fraction of sp³-hybridized carbons (Fsp3) is 0.611. The predicted octanol–water partition coefficient (Wildman–Crippen LogP) is 5.13. The van der Waals surface area contributed by atoms with Gasteiger partial charge < -0.3 is 5.32 Å². The minimum atomic E-state index is -0.211. The van der Waals surface area contributed by atoms with Gasteiger partial charge in [0, 0.05) is 11.0 Å². The van der Waals surface area contributed by atoms with E-state index >= 15 is 0 Å². The molecule has 1 aromatic carbocycles. The number of hydrogen-bond acceptors (Lipinski definition) is 2. The molecule has 120 valence electrons. The predicted molar refractivity (Wildman–Crippen MR) is 91.9 cm³/mol. The van der Waals surface area contributed by atoms with Gasteiger partial charge in [-0.25, -0.2) is 0 Å². The standard InChI is InChI=1S/C18H23Cl2NO/c19-15-6-5-14(11-16(15)20)17(22)18(7-9-21-10-8-18)12-13-3-1-2-4-13/h5-6,11,13,21H,1-4,7-10,12H2. The highest BCUT2D eigenvalue weighted by molar-refractivity contribution is 6.42. The lowest BCUT2D eigenvalue weighted by Gasteiger charge is -2.38. The third-order valence-corrected chi connectivity index (χ3v) is 6.12. The molecule has 1 heterocycles. The van der Waals surface area contributed by atoms with E-state index in [-0.39, 0.29) is 11.2 Å². The summed E-state index contributed by atoms with van der Waals surface area (Å²) < 4.78 is 0. The van der Waals surface area contributed by atoms with Crippen LogP contribution >= 0.6 is 23.2 Å². The Hall–Kier alpha value is -0.570. The van der Waals surface area contributed by atoms with Crippen LogP contribution in [-0.2, 0) is 0 Å². The molecular formula is C18H23Cl2NO. The van der Waals surface area contributed by atoms with Crippen LogP contribution in [-0.4, -0.2) is 18.9 Å². The second-order valence-corrected chi connectivity index (χ2v) is 7.66. The SMILES string of the molecule is O=C(c1ccc(Cl)c(Cl)c1)C1(CC2CCCC2)CCNCC1. The zero-order valence-corrected chi connectivity index (χ0v) is 14.3. The van der Waals surface area contributed by atoms with E-state index in [1.54, 1.807) is 12.1 Å². The number of benzene rings is 1. The number of ketones is 1. The van der Waals surface area contributed by atoms with Gasteiger partial charge in [0.15, 0.2) is 5.78 Å². The molecule has 0 bridgehead atoms. The van der Waals surface area contributed by atoms with Crippen LogP contribution in [0.15, 0.2) is 18.2 Å². The van der Waals surface area contributed by atoms with Crippen LogP contribution in [0.1, 0.15) is 55.3 Å². The molecule has 22 heavy (non-hydrogen) atoms. The second kappa shape index (κ2) is 6.90. The van der Waals surface area contributed by atoms with Crippen molar-refractivity contribution in [3.05, 3.63) is 33.8 Å². The highest BCUT2D eigenvalue weighted by Crippen LogP contribution is 2.43. The normalized spacial score (nSPS) is 21.9. The summed E-state index contributed by atoms with van der Waals surface area (Å²) >= 11 is 12.1. The molecule has 0 spiro atoms. The van der Waals surface area contributed by atoms with E-state index in [4.69, 9.17) is 23.2 Å². The lowest BCUT2D eigenvalue weighted by molar-refractivity contribution is 0.0663. The molecule has 1 aliphatic carbocycles. The average molecular weight is 340 g/mol. The van der Waals surface area contributed by atoms with Gasteiger partial charge in [0.2, 0.25) is 0 Å². The molecule has 0 atom stereocenters. The van der Waals surface area contributed by atoms with Gasteiger partial charge in [-0.05, 0) is 56.5 Å². The molecule has 1 saturated carbocycles. The van der Waals surface area contributed by atoms with Crippen LogP contribution < -0.4 is 5.32 Å². The van der Waals surface area contributed by atoms with Crippen LogP contribution in [0.25, 0.3) is 0 Å². The third-order valence-electron chi connectivity index (χ3n) is 5.38. The summed E-state index contributed by atoms with van der Waals surface area (Å²) in [5.41, 5.74) is 0.506. The minimum Gasteiger partial charge on any atom is -0.317 e. The number of carbonyl (C=O) groups is 1. The number of rotatable bonds is 4. The third kappa shape index (κ3) is 3.34. The molecule has 0 aromatic heterocycles. The Morgan fingerprint density at radius 3 is 2.45 bits per heavy atom. The molecule has 1 N–H and O–H groups in total. The molecule has 0 amide bonds. The first-order valence-corrected chi connectivity index (χ1v) is 9.07. The van der Waals surface area contributed by atoms with E-state index in [0.717, 1.165) is 32.4 Å². The van der Waals surface area contributed by atoms with Gasteiger partial charge in [0.1, 0.15) is 0 Å². The van der Waals surface area contributed by atoms with Gasteiger partial charge in [0.25, 0.3) is 0 Å². The number of nitrogens with one attached hydrogen (secondary N) is 1. The summed E-state index contributed by atoms with van der Waals surface area (Å²) in [5, 5.41) is 4.37. The smallest absolute Gasteiger partial charge is 0.169 e. The van der Waals surface area contributed by atoms with Crippen molar-refractivity contribution in [1.82, 2.24) is 5.32 Å². The number of hydrogen-bond donors (Lipinski definition) is 1. The fourth-order valence-corrected chi connectivity index (χ4v) is 4.44. The Bertz CT molecular complexity index is 546. The summed E-state index contributed by atoms with van der Waals surface area (Å²) in [5.74, 6) is 0.976. The zero-order valence-electron chi connectivity index (χ0n) is 12.8. The van der Waals surface area contributed by atoms with E-state index in [1.807, 2.05) is 6.07 Å². The van der Waals surface area contributed by atoms with Crippen LogP contribution in [0.5, 0.6) is 0 Å². The molecule has 0 unspecified atom stereocenters. The van der Waals surface area contributed by atoms with E-state index < -0.39 is 0 Å². The highest BCUT2D eigenvalue weighted by Gasteiger charge is 2.41. The largest absolute Gasteiger partial charge is 0.317 e. The summed E-state index contributed by atoms with van der Waals surface area (Å²) in [4.78, 5) is 13.2. The van der Waals surface area contributed by atoms with Gasteiger partial charge >= 0.3 is 0 Å².